The molecule has 0 aliphatic carbocycles. The molecule has 114 valence electrons. The van der Waals surface area contributed by atoms with E-state index in [9.17, 15) is 4.79 Å². The van der Waals surface area contributed by atoms with Crippen LogP contribution >= 0.6 is 0 Å². The minimum Gasteiger partial charge on any atom is -0.396 e. The van der Waals surface area contributed by atoms with Crippen LogP contribution in [0.25, 0.3) is 11.0 Å². The summed E-state index contributed by atoms with van der Waals surface area (Å²) in [6.45, 7) is 6.08. The molecule has 1 aromatic carbocycles. The molecule has 1 atom stereocenters. The molecule has 0 bridgehead atoms. The summed E-state index contributed by atoms with van der Waals surface area (Å²) in [5.74, 6) is 1.08. The topological polar surface area (TPSA) is 67.2 Å². The van der Waals surface area contributed by atoms with E-state index in [4.69, 9.17) is 5.11 Å². The van der Waals surface area contributed by atoms with E-state index in [2.05, 4.69) is 10.3 Å². The molecule has 5 heteroatoms. The van der Waals surface area contributed by atoms with E-state index in [1.54, 1.807) is 0 Å². The quantitative estimate of drug-likeness (QED) is 0.885. The summed E-state index contributed by atoms with van der Waals surface area (Å²) >= 11 is 0. The summed E-state index contributed by atoms with van der Waals surface area (Å²) < 4.78 is 2.00. The number of nitrogens with zero attached hydrogens (tertiary/aromatic N) is 2. The SMILES string of the molecule is Cc1nc2cc(C(=O)NC(CCO)C(C)C)ccc2n1C. The highest BCUT2D eigenvalue weighted by atomic mass is 16.3. The zero-order chi connectivity index (χ0) is 15.6. The average molecular weight is 289 g/mol. The fourth-order valence-corrected chi connectivity index (χ4v) is 2.42. The van der Waals surface area contributed by atoms with E-state index >= 15 is 0 Å². The number of imidazole rings is 1. The first kappa shape index (κ1) is 15.5. The minimum absolute atomic E-state index is 0.0244. The summed E-state index contributed by atoms with van der Waals surface area (Å²) in [5.41, 5.74) is 2.44. The minimum atomic E-state index is -0.118. The molecular formula is C16H23N3O2. The number of rotatable bonds is 5. The van der Waals surface area contributed by atoms with Gasteiger partial charge in [0.25, 0.3) is 5.91 Å². The molecule has 2 N–H and O–H groups in total. The Morgan fingerprint density at radius 1 is 1.43 bits per heavy atom. The molecule has 0 aliphatic rings. The molecule has 21 heavy (non-hydrogen) atoms. The van der Waals surface area contributed by atoms with Gasteiger partial charge in [-0.05, 0) is 37.5 Å². The lowest BCUT2D eigenvalue weighted by molar-refractivity contribution is 0.0916. The number of benzene rings is 1. The molecule has 0 spiro atoms. The average Bonchev–Trinajstić information content (AvgIpc) is 2.73. The first-order valence-electron chi connectivity index (χ1n) is 7.28. The van der Waals surface area contributed by atoms with Gasteiger partial charge in [-0.25, -0.2) is 4.98 Å². The number of carbonyl (C=O) groups is 1. The van der Waals surface area contributed by atoms with Crippen molar-refractivity contribution in [1.29, 1.82) is 0 Å². The van der Waals surface area contributed by atoms with Crippen LogP contribution in [0.15, 0.2) is 18.2 Å². The van der Waals surface area contributed by atoms with E-state index in [0.717, 1.165) is 16.9 Å². The second-order valence-electron chi connectivity index (χ2n) is 5.76. The number of hydrogen-bond acceptors (Lipinski definition) is 3. The van der Waals surface area contributed by atoms with E-state index in [0.29, 0.717) is 12.0 Å². The number of aromatic nitrogens is 2. The van der Waals surface area contributed by atoms with Gasteiger partial charge in [0.2, 0.25) is 0 Å². The summed E-state index contributed by atoms with van der Waals surface area (Å²) in [7, 11) is 1.96. The molecule has 5 nitrogen and oxygen atoms in total. The monoisotopic (exact) mass is 289 g/mol. The third-order valence-electron chi connectivity index (χ3n) is 3.93. The van der Waals surface area contributed by atoms with Crippen molar-refractivity contribution in [3.8, 4) is 0 Å². The van der Waals surface area contributed by atoms with Gasteiger partial charge in [0, 0.05) is 25.3 Å². The van der Waals surface area contributed by atoms with Crippen molar-refractivity contribution in [2.45, 2.75) is 33.2 Å². The number of nitrogens with one attached hydrogen (secondary N) is 1. The molecule has 1 aromatic heterocycles. The van der Waals surface area contributed by atoms with Gasteiger partial charge in [0.15, 0.2) is 0 Å². The van der Waals surface area contributed by atoms with Gasteiger partial charge in [-0.15, -0.1) is 0 Å². The maximum Gasteiger partial charge on any atom is 0.251 e. The summed E-state index contributed by atoms with van der Waals surface area (Å²) in [5, 5.41) is 12.1. The van der Waals surface area contributed by atoms with Crippen molar-refractivity contribution in [2.75, 3.05) is 6.61 Å². The summed E-state index contributed by atoms with van der Waals surface area (Å²) in [4.78, 5) is 16.8. The number of amides is 1. The van der Waals surface area contributed by atoms with Crippen LogP contribution in [0.2, 0.25) is 0 Å². The van der Waals surface area contributed by atoms with Crippen LogP contribution in [0.4, 0.5) is 0 Å². The number of aliphatic hydroxyl groups is 1. The van der Waals surface area contributed by atoms with Gasteiger partial charge in [-0.3, -0.25) is 4.79 Å². The van der Waals surface area contributed by atoms with E-state index in [-0.39, 0.29) is 24.5 Å². The number of fused-ring (bicyclic) bond motifs is 1. The fourth-order valence-electron chi connectivity index (χ4n) is 2.42. The predicted octanol–water partition coefficient (Wildman–Crippen LogP) is 2.02. The molecule has 0 radical (unpaired) electrons. The molecule has 2 rings (SSSR count). The number of carbonyl (C=O) groups excluding carboxylic acids is 1. The molecule has 0 aliphatic heterocycles. The highest BCUT2D eigenvalue weighted by molar-refractivity contribution is 5.97. The van der Waals surface area contributed by atoms with Crippen LogP contribution in [-0.4, -0.2) is 33.2 Å². The standard InChI is InChI=1S/C16H23N3O2/c1-10(2)13(7-8-20)18-16(21)12-5-6-15-14(9-12)17-11(3)19(15)4/h5-6,9-10,13,20H,7-8H2,1-4H3,(H,18,21). The van der Waals surface area contributed by atoms with Gasteiger partial charge in [-0.2, -0.15) is 0 Å². The van der Waals surface area contributed by atoms with Crippen molar-refractivity contribution >= 4 is 16.9 Å². The molecule has 2 aromatic rings. The Bertz CT molecular complexity index is 646. The van der Waals surface area contributed by atoms with E-state index in [1.165, 1.54) is 0 Å². The lowest BCUT2D eigenvalue weighted by atomic mass is 10.0. The maximum atomic E-state index is 12.3. The molecule has 0 saturated carbocycles. The zero-order valence-corrected chi connectivity index (χ0v) is 13.1. The van der Waals surface area contributed by atoms with Crippen LogP contribution in [0.5, 0.6) is 0 Å². The van der Waals surface area contributed by atoms with Crippen molar-refractivity contribution in [3.05, 3.63) is 29.6 Å². The molecule has 0 saturated heterocycles. The van der Waals surface area contributed by atoms with Gasteiger partial charge in [0.05, 0.1) is 11.0 Å². The molecular weight excluding hydrogens is 266 g/mol. The number of aliphatic hydroxyl groups excluding tert-OH is 1. The van der Waals surface area contributed by atoms with Crippen molar-refractivity contribution in [3.63, 3.8) is 0 Å². The van der Waals surface area contributed by atoms with Crippen LogP contribution in [0.1, 0.15) is 36.5 Å². The highest BCUT2D eigenvalue weighted by Crippen LogP contribution is 2.17. The van der Waals surface area contributed by atoms with E-state index in [1.807, 2.05) is 50.6 Å². The van der Waals surface area contributed by atoms with Crippen molar-refractivity contribution in [2.24, 2.45) is 13.0 Å². The van der Waals surface area contributed by atoms with Crippen LogP contribution in [0, 0.1) is 12.8 Å². The van der Waals surface area contributed by atoms with Crippen LogP contribution in [-0.2, 0) is 7.05 Å². The van der Waals surface area contributed by atoms with Gasteiger partial charge >= 0.3 is 0 Å². The second-order valence-corrected chi connectivity index (χ2v) is 5.76. The largest absolute Gasteiger partial charge is 0.396 e. The van der Waals surface area contributed by atoms with Crippen LogP contribution < -0.4 is 5.32 Å². The van der Waals surface area contributed by atoms with Gasteiger partial charge in [0.1, 0.15) is 5.82 Å². The first-order chi connectivity index (χ1) is 9.93. The van der Waals surface area contributed by atoms with Crippen LogP contribution in [0.3, 0.4) is 0 Å². The Hall–Kier alpha value is -1.88. The molecule has 1 unspecified atom stereocenters. The second kappa shape index (κ2) is 6.26. The zero-order valence-electron chi connectivity index (χ0n) is 13.1. The third kappa shape index (κ3) is 3.24. The smallest absolute Gasteiger partial charge is 0.251 e. The molecule has 0 fully saturated rings. The lowest BCUT2D eigenvalue weighted by Gasteiger charge is -2.21. The normalized spacial score (nSPS) is 12.9. The molecule has 1 heterocycles. The van der Waals surface area contributed by atoms with E-state index < -0.39 is 0 Å². The fraction of sp³-hybridized carbons (Fsp3) is 0.500. The maximum absolute atomic E-state index is 12.3. The lowest BCUT2D eigenvalue weighted by Crippen LogP contribution is -2.39. The first-order valence-corrected chi connectivity index (χ1v) is 7.28. The molecule has 1 amide bonds. The summed E-state index contributed by atoms with van der Waals surface area (Å²) in [6, 6.07) is 5.52. The van der Waals surface area contributed by atoms with Gasteiger partial charge in [-0.1, -0.05) is 13.8 Å². The Kier molecular flexibility index (Phi) is 4.63. The number of hydrogen-bond donors (Lipinski definition) is 2. The predicted molar refractivity (Wildman–Crippen MR) is 83.2 cm³/mol. The Morgan fingerprint density at radius 3 is 2.76 bits per heavy atom. The Morgan fingerprint density at radius 2 is 2.14 bits per heavy atom. The third-order valence-corrected chi connectivity index (χ3v) is 3.93. The highest BCUT2D eigenvalue weighted by Gasteiger charge is 2.17. The summed E-state index contributed by atoms with van der Waals surface area (Å²) in [6.07, 6.45) is 0.564. The number of aryl methyl sites for hydroxylation is 2. The van der Waals surface area contributed by atoms with Gasteiger partial charge < -0.3 is 15.0 Å². The Balaban J connectivity index is 2.23. The van der Waals surface area contributed by atoms with Crippen molar-refractivity contribution < 1.29 is 9.90 Å². The van der Waals surface area contributed by atoms with Crippen molar-refractivity contribution in [1.82, 2.24) is 14.9 Å². The Labute approximate surface area is 125 Å².